The quantitative estimate of drug-likeness (QED) is 0.849. The molecule has 22 heavy (non-hydrogen) atoms. The summed E-state index contributed by atoms with van der Waals surface area (Å²) in [4.78, 5) is 21.8. The number of hydrogen-bond donors (Lipinski definition) is 2. The number of urea groups is 1. The molecule has 0 bridgehead atoms. The van der Waals surface area contributed by atoms with Crippen LogP contribution in [-0.2, 0) is 25.7 Å². The van der Waals surface area contributed by atoms with Crippen LogP contribution in [0.1, 0.15) is 28.9 Å². The van der Waals surface area contributed by atoms with Crippen molar-refractivity contribution < 1.29 is 4.79 Å². The predicted molar refractivity (Wildman–Crippen MR) is 85.1 cm³/mol. The zero-order valence-corrected chi connectivity index (χ0v) is 12.6. The minimum atomic E-state index is -0.0110. The van der Waals surface area contributed by atoms with Crippen molar-refractivity contribution in [3.8, 4) is 0 Å². The molecule has 0 radical (unpaired) electrons. The summed E-state index contributed by atoms with van der Waals surface area (Å²) in [5.41, 5.74) is 5.97. The molecule has 5 nitrogen and oxygen atoms in total. The molecule has 0 atom stereocenters. The van der Waals surface area contributed by atoms with E-state index in [-0.39, 0.29) is 6.03 Å². The third-order valence-electron chi connectivity index (χ3n) is 4.69. The van der Waals surface area contributed by atoms with E-state index in [2.05, 4.69) is 27.4 Å². The molecule has 0 spiro atoms. The number of rotatable bonds is 1. The van der Waals surface area contributed by atoms with Gasteiger partial charge in [0.05, 0.1) is 12.0 Å². The highest BCUT2D eigenvalue weighted by Gasteiger charge is 2.20. The lowest BCUT2D eigenvalue weighted by atomic mass is 10.1. The summed E-state index contributed by atoms with van der Waals surface area (Å²) in [6, 6.07) is 6.28. The molecule has 0 saturated heterocycles. The van der Waals surface area contributed by atoms with E-state index in [1.54, 1.807) is 6.33 Å². The van der Waals surface area contributed by atoms with Crippen LogP contribution in [0.4, 0.5) is 10.5 Å². The lowest BCUT2D eigenvalue weighted by Crippen LogP contribution is -2.36. The van der Waals surface area contributed by atoms with Gasteiger partial charge in [-0.05, 0) is 42.5 Å². The average Bonchev–Trinajstić information content (AvgIpc) is 3.12. The molecule has 1 aromatic heterocycles. The molecule has 2 aliphatic rings. The number of carbonyl (C=O) groups is 1. The van der Waals surface area contributed by atoms with Crippen LogP contribution >= 0.6 is 0 Å². The second-order valence-corrected chi connectivity index (χ2v) is 6.08. The predicted octanol–water partition coefficient (Wildman–Crippen LogP) is 2.53. The van der Waals surface area contributed by atoms with Crippen LogP contribution in [0, 0.1) is 0 Å². The number of fused-ring (bicyclic) bond motifs is 2. The van der Waals surface area contributed by atoms with Gasteiger partial charge < -0.3 is 15.2 Å². The van der Waals surface area contributed by atoms with E-state index >= 15 is 0 Å². The maximum Gasteiger partial charge on any atom is 0.321 e. The number of hydrogen-bond acceptors (Lipinski definition) is 2. The van der Waals surface area contributed by atoms with E-state index in [0.717, 1.165) is 42.9 Å². The number of imidazole rings is 1. The molecule has 0 unspecified atom stereocenters. The summed E-state index contributed by atoms with van der Waals surface area (Å²) in [6.45, 7) is 1.45. The normalized spacial score (nSPS) is 16.8. The standard InChI is InChI=1S/C17H20N4O/c22-17(20-14-5-4-12-2-1-3-13(12)10-14)21-8-6-15-16(7-9-21)19-11-18-15/h4-5,10-11H,1-3,6-9H2,(H,18,19)(H,20,22). The minimum Gasteiger partial charge on any atom is -0.348 e. The second-order valence-electron chi connectivity index (χ2n) is 6.08. The molecule has 114 valence electrons. The lowest BCUT2D eigenvalue weighted by molar-refractivity contribution is 0.214. The maximum atomic E-state index is 12.5. The van der Waals surface area contributed by atoms with Gasteiger partial charge in [-0.3, -0.25) is 0 Å². The van der Waals surface area contributed by atoms with E-state index in [0.29, 0.717) is 6.54 Å². The van der Waals surface area contributed by atoms with Crippen molar-refractivity contribution in [1.29, 1.82) is 0 Å². The first-order valence-corrected chi connectivity index (χ1v) is 7.98. The number of aromatic nitrogens is 2. The number of H-pyrrole nitrogens is 1. The van der Waals surface area contributed by atoms with Crippen molar-refractivity contribution in [3.63, 3.8) is 0 Å². The van der Waals surface area contributed by atoms with Crippen molar-refractivity contribution in [1.82, 2.24) is 14.9 Å². The smallest absolute Gasteiger partial charge is 0.321 e. The summed E-state index contributed by atoms with van der Waals surface area (Å²) in [6.07, 6.45) is 6.92. The minimum absolute atomic E-state index is 0.0110. The van der Waals surface area contributed by atoms with Crippen molar-refractivity contribution in [2.24, 2.45) is 0 Å². The monoisotopic (exact) mass is 296 g/mol. The van der Waals surface area contributed by atoms with Crippen LogP contribution in [0.2, 0.25) is 0 Å². The third-order valence-corrected chi connectivity index (χ3v) is 4.69. The highest BCUT2D eigenvalue weighted by Crippen LogP contribution is 2.25. The Bertz CT molecular complexity index is 684. The van der Waals surface area contributed by atoms with Gasteiger partial charge in [-0.15, -0.1) is 0 Å². The maximum absolute atomic E-state index is 12.5. The molecular formula is C17H20N4O. The molecule has 2 N–H and O–H groups in total. The van der Waals surface area contributed by atoms with E-state index in [1.165, 1.54) is 24.0 Å². The van der Waals surface area contributed by atoms with E-state index in [9.17, 15) is 4.79 Å². The van der Waals surface area contributed by atoms with Crippen LogP contribution in [0.15, 0.2) is 24.5 Å². The molecule has 0 saturated carbocycles. The Hall–Kier alpha value is -2.30. The van der Waals surface area contributed by atoms with Crippen LogP contribution in [0.5, 0.6) is 0 Å². The van der Waals surface area contributed by atoms with Crippen molar-refractivity contribution in [3.05, 3.63) is 47.0 Å². The van der Waals surface area contributed by atoms with Gasteiger partial charge in [0.15, 0.2) is 0 Å². The number of nitrogens with one attached hydrogen (secondary N) is 2. The summed E-state index contributed by atoms with van der Waals surface area (Å²) in [5.74, 6) is 0. The topological polar surface area (TPSA) is 61.0 Å². The number of nitrogens with zero attached hydrogens (tertiary/aromatic N) is 2. The molecule has 0 fully saturated rings. The van der Waals surface area contributed by atoms with Gasteiger partial charge >= 0.3 is 6.03 Å². The molecule has 1 aliphatic carbocycles. The zero-order valence-electron chi connectivity index (χ0n) is 12.6. The van der Waals surface area contributed by atoms with Gasteiger partial charge in [-0.25, -0.2) is 9.78 Å². The number of anilines is 1. The summed E-state index contributed by atoms with van der Waals surface area (Å²) >= 11 is 0. The zero-order chi connectivity index (χ0) is 14.9. The van der Waals surface area contributed by atoms with E-state index in [1.807, 2.05) is 11.0 Å². The number of aromatic amines is 1. The van der Waals surface area contributed by atoms with Crippen LogP contribution in [-0.4, -0.2) is 34.0 Å². The van der Waals surface area contributed by atoms with Crippen molar-refractivity contribution in [2.45, 2.75) is 32.1 Å². The summed E-state index contributed by atoms with van der Waals surface area (Å²) < 4.78 is 0. The summed E-state index contributed by atoms with van der Waals surface area (Å²) in [7, 11) is 0. The van der Waals surface area contributed by atoms with Crippen molar-refractivity contribution >= 4 is 11.7 Å². The van der Waals surface area contributed by atoms with E-state index < -0.39 is 0 Å². The second kappa shape index (κ2) is 5.48. The van der Waals surface area contributed by atoms with Gasteiger partial charge in [0, 0.05) is 37.3 Å². The Balaban J connectivity index is 1.43. The molecule has 4 rings (SSSR count). The van der Waals surface area contributed by atoms with Crippen molar-refractivity contribution in [2.75, 3.05) is 18.4 Å². The average molecular weight is 296 g/mol. The number of carbonyl (C=O) groups excluding carboxylic acids is 1. The van der Waals surface area contributed by atoms with Crippen LogP contribution in [0.3, 0.4) is 0 Å². The number of benzene rings is 1. The van der Waals surface area contributed by atoms with Gasteiger partial charge in [-0.1, -0.05) is 6.07 Å². The van der Waals surface area contributed by atoms with Gasteiger partial charge in [0.25, 0.3) is 0 Å². The first-order valence-electron chi connectivity index (χ1n) is 7.98. The highest BCUT2D eigenvalue weighted by molar-refractivity contribution is 5.89. The first kappa shape index (κ1) is 13.4. The summed E-state index contributed by atoms with van der Waals surface area (Å²) in [5, 5.41) is 3.04. The van der Waals surface area contributed by atoms with Gasteiger partial charge in [0.1, 0.15) is 0 Å². The first-order chi connectivity index (χ1) is 10.8. The molecular weight excluding hydrogens is 276 g/mol. The Morgan fingerprint density at radius 1 is 1.14 bits per heavy atom. The largest absolute Gasteiger partial charge is 0.348 e. The lowest BCUT2D eigenvalue weighted by Gasteiger charge is -2.21. The Labute approximate surface area is 129 Å². The molecule has 2 heterocycles. The third kappa shape index (κ3) is 2.47. The van der Waals surface area contributed by atoms with Gasteiger partial charge in [-0.2, -0.15) is 0 Å². The highest BCUT2D eigenvalue weighted by atomic mass is 16.2. The molecule has 1 aliphatic heterocycles. The molecule has 2 amide bonds. The molecule has 5 heteroatoms. The molecule has 1 aromatic carbocycles. The Morgan fingerprint density at radius 2 is 2.00 bits per heavy atom. The van der Waals surface area contributed by atoms with E-state index in [4.69, 9.17) is 0 Å². The number of amides is 2. The molecule has 2 aromatic rings. The number of aryl methyl sites for hydroxylation is 2. The fourth-order valence-corrected chi connectivity index (χ4v) is 3.44. The SMILES string of the molecule is O=C(Nc1ccc2c(c1)CCC2)N1CCc2nc[nH]c2CC1. The van der Waals surface area contributed by atoms with Gasteiger partial charge in [0.2, 0.25) is 0 Å². The van der Waals surface area contributed by atoms with Crippen LogP contribution in [0.25, 0.3) is 0 Å². The van der Waals surface area contributed by atoms with Crippen LogP contribution < -0.4 is 5.32 Å². The fraction of sp³-hybridized carbons (Fsp3) is 0.412. The fourth-order valence-electron chi connectivity index (χ4n) is 3.44. The Morgan fingerprint density at radius 3 is 2.95 bits per heavy atom. The Kier molecular flexibility index (Phi) is 3.33.